The van der Waals surface area contributed by atoms with Crippen LogP contribution in [0.1, 0.15) is 0 Å². The molecule has 0 bridgehead atoms. The van der Waals surface area contributed by atoms with Gasteiger partial charge < -0.3 is 9.30 Å². The molecule has 0 amide bonds. The van der Waals surface area contributed by atoms with Crippen molar-refractivity contribution in [2.75, 3.05) is 7.11 Å². The number of para-hydroxylation sites is 1. The van der Waals surface area contributed by atoms with Crippen LogP contribution in [0.25, 0.3) is 44.2 Å². The zero-order valence-corrected chi connectivity index (χ0v) is 15.7. The van der Waals surface area contributed by atoms with Crippen molar-refractivity contribution in [3.05, 3.63) is 91.1 Å². The van der Waals surface area contributed by atoms with E-state index in [9.17, 15) is 0 Å². The molecule has 28 heavy (non-hydrogen) atoms. The molecule has 3 aromatic carbocycles. The summed E-state index contributed by atoms with van der Waals surface area (Å²) in [5.74, 6) is 0. The first-order chi connectivity index (χ1) is 13.9. The molecule has 0 unspecified atom stereocenters. The Labute approximate surface area is 163 Å². The van der Waals surface area contributed by atoms with E-state index in [1.807, 2.05) is 18.3 Å². The smallest absolute Gasteiger partial charge is 0.123 e. The summed E-state index contributed by atoms with van der Waals surface area (Å²) in [7, 11) is 1.74. The molecule has 0 saturated heterocycles. The number of fused-ring (bicyclic) bond motifs is 3. The van der Waals surface area contributed by atoms with Crippen LogP contribution in [0.4, 0.5) is 0 Å². The third-order valence-electron chi connectivity index (χ3n) is 5.17. The molecule has 0 N–H and O–H groups in total. The Balaban J connectivity index is 1.97. The predicted molar refractivity (Wildman–Crippen MR) is 115 cm³/mol. The number of benzene rings is 3. The van der Waals surface area contributed by atoms with E-state index < -0.39 is 0 Å². The number of ether oxygens (including phenoxy) is 1. The number of hydrogen-bond acceptors (Lipinski definition) is 2. The fourth-order valence-corrected chi connectivity index (χ4v) is 3.99. The molecule has 5 rings (SSSR count). The molecule has 136 valence electrons. The van der Waals surface area contributed by atoms with E-state index in [0.29, 0.717) is 6.73 Å². The van der Waals surface area contributed by atoms with Crippen molar-refractivity contribution in [3.63, 3.8) is 0 Å². The van der Waals surface area contributed by atoms with E-state index >= 15 is 0 Å². The minimum atomic E-state index is 0.488. The van der Waals surface area contributed by atoms with Gasteiger partial charge >= 0.3 is 0 Å². The molecule has 3 heteroatoms. The molecule has 0 fully saturated rings. The number of methoxy groups -OCH3 is 1. The van der Waals surface area contributed by atoms with Gasteiger partial charge in [0.15, 0.2) is 0 Å². The van der Waals surface area contributed by atoms with E-state index in [1.54, 1.807) is 7.11 Å². The molecule has 2 heterocycles. The zero-order valence-electron chi connectivity index (χ0n) is 15.7. The maximum atomic E-state index is 5.58. The summed E-state index contributed by atoms with van der Waals surface area (Å²) < 4.78 is 7.83. The lowest BCUT2D eigenvalue weighted by atomic mass is 9.97. The van der Waals surface area contributed by atoms with Gasteiger partial charge in [0, 0.05) is 35.2 Å². The molecule has 0 spiro atoms. The van der Waals surface area contributed by atoms with E-state index in [4.69, 9.17) is 9.72 Å². The lowest BCUT2D eigenvalue weighted by Gasteiger charge is -2.14. The van der Waals surface area contributed by atoms with Gasteiger partial charge in [0.05, 0.1) is 16.7 Å². The normalized spacial score (nSPS) is 11.3. The quantitative estimate of drug-likeness (QED) is 0.384. The zero-order chi connectivity index (χ0) is 18.9. The molecule has 0 aliphatic carbocycles. The first kappa shape index (κ1) is 16.7. The molecular weight excluding hydrogens is 344 g/mol. The maximum absolute atomic E-state index is 5.58. The van der Waals surface area contributed by atoms with Crippen LogP contribution in [0.3, 0.4) is 0 Å². The van der Waals surface area contributed by atoms with Crippen molar-refractivity contribution >= 4 is 21.8 Å². The van der Waals surface area contributed by atoms with Gasteiger partial charge in [-0.05, 0) is 11.6 Å². The average Bonchev–Trinajstić information content (AvgIpc) is 3.09. The standard InChI is InChI=1S/C25H20N2O/c1-28-17-27-22-15-9-8-14-20(22)21-16-26-24(19-12-6-3-7-13-19)23(25(21)27)18-10-4-2-5-11-18/h2-16H,17H2,1H3. The minimum Gasteiger partial charge on any atom is -0.364 e. The highest BCUT2D eigenvalue weighted by Gasteiger charge is 2.19. The van der Waals surface area contributed by atoms with Crippen LogP contribution >= 0.6 is 0 Å². The highest BCUT2D eigenvalue weighted by atomic mass is 16.5. The van der Waals surface area contributed by atoms with E-state index in [-0.39, 0.29) is 0 Å². The minimum absolute atomic E-state index is 0.488. The van der Waals surface area contributed by atoms with Crippen LogP contribution in [-0.4, -0.2) is 16.7 Å². The van der Waals surface area contributed by atoms with Gasteiger partial charge in [0.2, 0.25) is 0 Å². The van der Waals surface area contributed by atoms with Gasteiger partial charge in [0.25, 0.3) is 0 Å². The Hall–Kier alpha value is -3.43. The summed E-state index contributed by atoms with van der Waals surface area (Å²) in [6.45, 7) is 0.488. The summed E-state index contributed by atoms with van der Waals surface area (Å²) in [6, 6.07) is 29.3. The molecule has 3 nitrogen and oxygen atoms in total. The van der Waals surface area contributed by atoms with Crippen LogP contribution in [0.15, 0.2) is 91.1 Å². The maximum Gasteiger partial charge on any atom is 0.123 e. The lowest BCUT2D eigenvalue weighted by molar-refractivity contribution is 0.138. The van der Waals surface area contributed by atoms with Gasteiger partial charge in [-0.25, -0.2) is 0 Å². The molecule has 0 saturated carbocycles. The second kappa shape index (κ2) is 6.95. The highest BCUT2D eigenvalue weighted by Crippen LogP contribution is 2.40. The van der Waals surface area contributed by atoms with Gasteiger partial charge in [-0.3, -0.25) is 4.98 Å². The first-order valence-corrected chi connectivity index (χ1v) is 9.38. The van der Waals surface area contributed by atoms with Crippen molar-refractivity contribution in [1.29, 1.82) is 0 Å². The van der Waals surface area contributed by atoms with E-state index in [0.717, 1.165) is 38.8 Å². The van der Waals surface area contributed by atoms with Gasteiger partial charge in [-0.15, -0.1) is 0 Å². The Morgan fingerprint density at radius 2 is 1.39 bits per heavy atom. The molecular formula is C25H20N2O. The molecule has 0 aliphatic heterocycles. The second-order valence-electron chi connectivity index (χ2n) is 6.84. The van der Waals surface area contributed by atoms with E-state index in [1.165, 1.54) is 5.39 Å². The van der Waals surface area contributed by atoms with Gasteiger partial charge in [0.1, 0.15) is 6.73 Å². The SMILES string of the molecule is COCn1c2ccccc2c2cnc(-c3ccccc3)c(-c3ccccc3)c21. The third-order valence-corrected chi connectivity index (χ3v) is 5.17. The van der Waals surface area contributed by atoms with Gasteiger partial charge in [-0.2, -0.15) is 0 Å². The number of nitrogens with zero attached hydrogens (tertiary/aromatic N) is 2. The number of aromatic nitrogens is 2. The Morgan fingerprint density at radius 3 is 2.11 bits per heavy atom. The van der Waals surface area contributed by atoms with E-state index in [2.05, 4.69) is 77.4 Å². The fourth-order valence-electron chi connectivity index (χ4n) is 3.99. The fraction of sp³-hybridized carbons (Fsp3) is 0.0800. The Kier molecular flexibility index (Phi) is 4.15. The Bertz CT molecular complexity index is 1260. The Morgan fingerprint density at radius 1 is 0.750 bits per heavy atom. The van der Waals surface area contributed by atoms with Crippen LogP contribution in [-0.2, 0) is 11.5 Å². The van der Waals surface area contributed by atoms with Crippen LogP contribution in [0.2, 0.25) is 0 Å². The third kappa shape index (κ3) is 2.60. The topological polar surface area (TPSA) is 27.1 Å². The summed E-state index contributed by atoms with van der Waals surface area (Å²) >= 11 is 0. The predicted octanol–water partition coefficient (Wildman–Crippen LogP) is 6.13. The highest BCUT2D eigenvalue weighted by molar-refractivity contribution is 6.14. The molecule has 0 aliphatic rings. The van der Waals surface area contributed by atoms with Crippen LogP contribution in [0, 0.1) is 0 Å². The molecule has 5 aromatic rings. The largest absolute Gasteiger partial charge is 0.364 e. The van der Waals surface area contributed by atoms with Crippen LogP contribution in [0.5, 0.6) is 0 Å². The molecule has 0 atom stereocenters. The summed E-state index contributed by atoms with van der Waals surface area (Å²) in [5.41, 5.74) is 6.70. The lowest BCUT2D eigenvalue weighted by Crippen LogP contribution is -2.01. The summed E-state index contributed by atoms with van der Waals surface area (Å²) in [6.07, 6.45) is 2.00. The van der Waals surface area contributed by atoms with Crippen LogP contribution < -0.4 is 0 Å². The molecule has 2 aromatic heterocycles. The number of hydrogen-bond donors (Lipinski definition) is 0. The van der Waals surface area contributed by atoms with Crippen molar-refractivity contribution < 1.29 is 4.74 Å². The van der Waals surface area contributed by atoms with Crippen molar-refractivity contribution in [3.8, 4) is 22.4 Å². The monoisotopic (exact) mass is 364 g/mol. The number of rotatable bonds is 4. The van der Waals surface area contributed by atoms with Crippen molar-refractivity contribution in [1.82, 2.24) is 9.55 Å². The summed E-state index contributed by atoms with van der Waals surface area (Å²) in [5, 5.41) is 2.34. The number of pyridine rings is 1. The van der Waals surface area contributed by atoms with Gasteiger partial charge in [-0.1, -0.05) is 78.9 Å². The molecule has 0 radical (unpaired) electrons. The average molecular weight is 364 g/mol. The van der Waals surface area contributed by atoms with Crippen molar-refractivity contribution in [2.45, 2.75) is 6.73 Å². The first-order valence-electron chi connectivity index (χ1n) is 9.38. The second-order valence-corrected chi connectivity index (χ2v) is 6.84. The summed E-state index contributed by atoms with van der Waals surface area (Å²) in [4.78, 5) is 4.92. The van der Waals surface area contributed by atoms with Crippen molar-refractivity contribution in [2.24, 2.45) is 0 Å².